The lowest BCUT2D eigenvalue weighted by atomic mass is 9.97. The van der Waals surface area contributed by atoms with Crippen LogP contribution in [0.4, 0.5) is 37.1 Å². The van der Waals surface area contributed by atoms with Gasteiger partial charge in [0, 0.05) is 31.4 Å². The molecule has 2 N–H and O–H groups in total. The Hall–Kier alpha value is -4.18. The van der Waals surface area contributed by atoms with Crippen molar-refractivity contribution >= 4 is 34.9 Å². The summed E-state index contributed by atoms with van der Waals surface area (Å²) in [6.45, 7) is 1.67. The van der Waals surface area contributed by atoms with E-state index in [-0.39, 0.29) is 34.3 Å². The first-order valence-electron chi connectivity index (χ1n) is 13.3. The van der Waals surface area contributed by atoms with Crippen molar-refractivity contribution < 1.29 is 40.7 Å². The van der Waals surface area contributed by atoms with Crippen molar-refractivity contribution in [3.05, 3.63) is 70.5 Å². The molecule has 4 heterocycles. The van der Waals surface area contributed by atoms with Gasteiger partial charge in [-0.15, -0.1) is 13.2 Å². The number of carbonyl (C=O) groups excluding carboxylic acids is 2. The number of rotatable bonds is 8. The van der Waals surface area contributed by atoms with E-state index in [1.54, 1.807) is 12.3 Å². The van der Waals surface area contributed by atoms with E-state index in [1.807, 2.05) is 4.90 Å². The minimum atomic E-state index is -5.03. The van der Waals surface area contributed by atoms with Gasteiger partial charge in [0.05, 0.1) is 27.6 Å². The number of nitrogens with zero attached hydrogens (tertiary/aromatic N) is 4. The summed E-state index contributed by atoms with van der Waals surface area (Å²) in [6, 6.07) is 8.10. The van der Waals surface area contributed by atoms with Crippen molar-refractivity contribution in [2.45, 2.75) is 31.9 Å². The van der Waals surface area contributed by atoms with Gasteiger partial charge < -0.3 is 15.0 Å². The number of carbonyl (C=O) groups is 2. The maximum absolute atomic E-state index is 13.7. The molecule has 9 nitrogen and oxygen atoms in total. The van der Waals surface area contributed by atoms with Gasteiger partial charge in [-0.2, -0.15) is 13.2 Å². The van der Waals surface area contributed by atoms with Crippen LogP contribution in [0.1, 0.15) is 29.8 Å². The van der Waals surface area contributed by atoms with Gasteiger partial charge in [-0.1, -0.05) is 12.1 Å². The van der Waals surface area contributed by atoms with E-state index in [9.17, 15) is 35.9 Å². The predicted molar refractivity (Wildman–Crippen MR) is 149 cm³/mol. The lowest BCUT2D eigenvalue weighted by molar-refractivity contribution is -0.274. The summed E-state index contributed by atoms with van der Waals surface area (Å²) in [6.07, 6.45) is -5.23. The summed E-state index contributed by atoms with van der Waals surface area (Å²) >= 11 is 0.794. The molecule has 232 valence electrons. The van der Waals surface area contributed by atoms with Crippen LogP contribution in [0.2, 0.25) is 0 Å². The zero-order valence-electron chi connectivity index (χ0n) is 22.7. The fourth-order valence-corrected chi connectivity index (χ4v) is 5.43. The molecule has 2 fully saturated rings. The number of para-hydroxylation sites is 1. The number of ether oxygens (including phenoxy) is 1. The molecular weight excluding hydrogens is 614 g/mol. The molecule has 3 aromatic rings. The highest BCUT2D eigenvalue weighted by molar-refractivity contribution is 8.18. The first-order valence-corrected chi connectivity index (χ1v) is 14.1. The van der Waals surface area contributed by atoms with Crippen LogP contribution in [-0.4, -0.2) is 52.1 Å². The molecule has 2 aliphatic rings. The van der Waals surface area contributed by atoms with Gasteiger partial charge in [-0.05, 0) is 73.5 Å². The molecule has 2 amide bonds. The highest BCUT2D eigenvalue weighted by Crippen LogP contribution is 2.37. The summed E-state index contributed by atoms with van der Waals surface area (Å²) < 4.78 is 83.7. The van der Waals surface area contributed by atoms with Gasteiger partial charge in [0.25, 0.3) is 11.1 Å². The molecule has 0 atom stereocenters. The number of thioether (sulfide) groups is 1. The number of amides is 2. The van der Waals surface area contributed by atoms with E-state index in [0.717, 1.165) is 36.7 Å². The standard InChI is InChI=1S/C28H24F6N6O3S/c29-27(30,31)17-11-19(37-21(12-17)20-3-1-2-4-22(20)43-28(32,33)34)15-35-14-16-6-9-40(10-7-16)25-36-8-5-18(38-25)13-23-24(41)39-26(42)44-23/h1-5,8,11-13,16,35H,6-7,9-10,14-15H2,(H,39,41,42). The molecule has 0 spiro atoms. The molecule has 2 saturated heterocycles. The second-order valence-corrected chi connectivity index (χ2v) is 11.0. The van der Waals surface area contributed by atoms with Crippen LogP contribution in [0.25, 0.3) is 17.3 Å². The van der Waals surface area contributed by atoms with Crippen molar-refractivity contribution in [2.75, 3.05) is 24.5 Å². The molecule has 2 aromatic heterocycles. The first kappa shape index (κ1) is 31.3. The van der Waals surface area contributed by atoms with Crippen LogP contribution in [-0.2, 0) is 17.5 Å². The smallest absolute Gasteiger partial charge is 0.405 e. The van der Waals surface area contributed by atoms with Crippen LogP contribution in [0.3, 0.4) is 0 Å². The number of pyridine rings is 1. The normalized spacial score (nSPS) is 17.3. The van der Waals surface area contributed by atoms with Gasteiger partial charge in [0.2, 0.25) is 5.95 Å². The fourth-order valence-electron chi connectivity index (χ4n) is 4.76. The summed E-state index contributed by atoms with van der Waals surface area (Å²) in [7, 11) is 0. The van der Waals surface area contributed by atoms with Crippen molar-refractivity contribution in [1.82, 2.24) is 25.6 Å². The molecule has 2 aliphatic heterocycles. The van der Waals surface area contributed by atoms with E-state index in [2.05, 4.69) is 30.3 Å². The molecule has 0 bridgehead atoms. The van der Waals surface area contributed by atoms with Gasteiger partial charge in [-0.25, -0.2) is 9.97 Å². The fraction of sp³-hybridized carbons (Fsp3) is 0.321. The third-order valence-electron chi connectivity index (χ3n) is 6.82. The molecule has 0 unspecified atom stereocenters. The van der Waals surface area contributed by atoms with E-state index in [1.165, 1.54) is 24.3 Å². The Kier molecular flexibility index (Phi) is 9.10. The largest absolute Gasteiger partial charge is 0.573 e. The van der Waals surface area contributed by atoms with Gasteiger partial charge >= 0.3 is 12.5 Å². The summed E-state index contributed by atoms with van der Waals surface area (Å²) in [4.78, 5) is 38.4. The molecular formula is C28H24F6N6O3S. The number of anilines is 1. The molecule has 44 heavy (non-hydrogen) atoms. The molecule has 0 saturated carbocycles. The van der Waals surface area contributed by atoms with Crippen LogP contribution in [0.15, 0.2) is 53.6 Å². The second kappa shape index (κ2) is 12.8. The van der Waals surface area contributed by atoms with Gasteiger partial charge in [0.15, 0.2) is 0 Å². The van der Waals surface area contributed by atoms with Crippen LogP contribution in [0.5, 0.6) is 5.75 Å². The topological polar surface area (TPSA) is 109 Å². The van der Waals surface area contributed by atoms with Crippen molar-refractivity contribution in [3.63, 3.8) is 0 Å². The molecule has 16 heteroatoms. The number of benzene rings is 1. The third-order valence-corrected chi connectivity index (χ3v) is 7.63. The molecule has 5 rings (SSSR count). The quantitative estimate of drug-likeness (QED) is 0.234. The zero-order valence-corrected chi connectivity index (χ0v) is 23.5. The number of alkyl halides is 6. The number of piperidine rings is 1. The summed E-state index contributed by atoms with van der Waals surface area (Å²) in [5, 5.41) is 4.87. The monoisotopic (exact) mass is 638 g/mol. The van der Waals surface area contributed by atoms with Crippen molar-refractivity contribution in [2.24, 2.45) is 5.92 Å². The predicted octanol–water partition coefficient (Wildman–Crippen LogP) is 5.79. The van der Waals surface area contributed by atoms with Crippen LogP contribution in [0, 0.1) is 5.92 Å². The van der Waals surface area contributed by atoms with Crippen molar-refractivity contribution in [1.29, 1.82) is 0 Å². The Morgan fingerprint density at radius 2 is 1.80 bits per heavy atom. The zero-order chi connectivity index (χ0) is 31.5. The average Bonchev–Trinajstić information content (AvgIpc) is 3.28. The Bertz CT molecular complexity index is 1570. The minimum absolute atomic E-state index is 0.0178. The molecule has 0 aliphatic carbocycles. The highest BCUT2D eigenvalue weighted by atomic mass is 32.2. The van der Waals surface area contributed by atoms with Crippen molar-refractivity contribution in [3.8, 4) is 17.0 Å². The summed E-state index contributed by atoms with van der Waals surface area (Å²) in [5.74, 6) is -0.477. The first-order chi connectivity index (χ1) is 20.8. The number of aromatic nitrogens is 3. The number of hydrogen-bond donors (Lipinski definition) is 2. The van der Waals surface area contributed by atoms with Crippen LogP contribution < -0.4 is 20.3 Å². The van der Waals surface area contributed by atoms with Gasteiger partial charge in [-0.3, -0.25) is 19.9 Å². The number of nitrogens with one attached hydrogen (secondary N) is 2. The lowest BCUT2D eigenvalue weighted by Gasteiger charge is -2.32. The second-order valence-electron chi connectivity index (χ2n) is 9.97. The Morgan fingerprint density at radius 3 is 2.48 bits per heavy atom. The molecule has 1 aromatic carbocycles. The Balaban J connectivity index is 1.21. The summed E-state index contributed by atoms with van der Waals surface area (Å²) in [5.41, 5.74) is -1.05. The van der Waals surface area contributed by atoms with E-state index in [0.29, 0.717) is 37.3 Å². The SMILES string of the molecule is O=C1NC(=O)C(=Cc2ccnc(N3CCC(CNCc4cc(C(F)(F)F)cc(-c5ccccc5OC(F)(F)F)n4)CC3)n2)S1. The number of halogens is 6. The van der Waals surface area contributed by atoms with Crippen LogP contribution >= 0.6 is 11.8 Å². The molecule has 0 radical (unpaired) electrons. The third kappa shape index (κ3) is 8.05. The Morgan fingerprint density at radius 1 is 1.05 bits per heavy atom. The van der Waals surface area contributed by atoms with E-state index < -0.39 is 35.0 Å². The lowest BCUT2D eigenvalue weighted by Crippen LogP contribution is -2.38. The van der Waals surface area contributed by atoms with E-state index in [4.69, 9.17) is 0 Å². The van der Waals surface area contributed by atoms with Gasteiger partial charge in [0.1, 0.15) is 5.75 Å². The maximum atomic E-state index is 13.7. The van der Waals surface area contributed by atoms with E-state index >= 15 is 0 Å². The Labute approximate surface area is 251 Å². The minimum Gasteiger partial charge on any atom is -0.405 e. The average molecular weight is 639 g/mol. The maximum Gasteiger partial charge on any atom is 0.573 e. The number of hydrogen-bond acceptors (Lipinski definition) is 9. The highest BCUT2D eigenvalue weighted by Gasteiger charge is 2.34. The number of imide groups is 1.